The molecule has 0 atom stereocenters. The Labute approximate surface area is 57.0 Å². The minimum absolute atomic E-state index is 0.939. The van der Waals surface area contributed by atoms with Gasteiger partial charge in [-0.25, -0.2) is 0 Å². The summed E-state index contributed by atoms with van der Waals surface area (Å²) in [6.07, 6.45) is 2.75. The van der Waals surface area contributed by atoms with Crippen LogP contribution < -0.4 is 0 Å². The van der Waals surface area contributed by atoms with Gasteiger partial charge in [-0.2, -0.15) is 0 Å². The minimum Gasteiger partial charge on any atom is -0.501 e. The van der Waals surface area contributed by atoms with Crippen molar-refractivity contribution in [1.29, 1.82) is 0 Å². The van der Waals surface area contributed by atoms with Gasteiger partial charge in [0.25, 0.3) is 0 Å². The van der Waals surface area contributed by atoms with Crippen molar-refractivity contribution in [2.24, 2.45) is 0 Å². The molecule has 0 aromatic rings. The molecule has 0 amide bonds. The zero-order chi connectivity index (χ0) is 7.28. The van der Waals surface area contributed by atoms with Crippen LogP contribution in [0.4, 0.5) is 0 Å². The van der Waals surface area contributed by atoms with E-state index in [0.717, 1.165) is 17.8 Å². The quantitative estimate of drug-likeness (QED) is 0.417. The van der Waals surface area contributed by atoms with Crippen molar-refractivity contribution < 1.29 is 4.74 Å². The van der Waals surface area contributed by atoms with Crippen molar-refractivity contribution in [1.82, 2.24) is 0 Å². The highest BCUT2D eigenvalue weighted by Crippen LogP contribution is 2.08. The first-order valence-corrected chi connectivity index (χ1v) is 3.12. The van der Waals surface area contributed by atoms with Gasteiger partial charge in [0.15, 0.2) is 0 Å². The van der Waals surface area contributed by atoms with Crippen LogP contribution in [0.25, 0.3) is 0 Å². The van der Waals surface area contributed by atoms with Crippen molar-refractivity contribution in [2.75, 3.05) is 7.11 Å². The second-order valence-corrected chi connectivity index (χ2v) is 1.87. The number of methoxy groups -OCH3 is 1. The van der Waals surface area contributed by atoms with E-state index in [4.69, 9.17) is 4.74 Å². The molecule has 0 fully saturated rings. The van der Waals surface area contributed by atoms with Gasteiger partial charge in [0.1, 0.15) is 0 Å². The molecule has 1 heteroatoms. The first-order valence-electron chi connectivity index (χ1n) is 3.12. The minimum atomic E-state index is 0.939. The lowest BCUT2D eigenvalue weighted by Gasteiger charge is -2.03. The van der Waals surface area contributed by atoms with E-state index in [1.165, 1.54) is 0 Å². The Morgan fingerprint density at radius 3 is 2.33 bits per heavy atom. The van der Waals surface area contributed by atoms with E-state index >= 15 is 0 Å². The highest BCUT2D eigenvalue weighted by molar-refractivity contribution is 5.17. The Morgan fingerprint density at radius 1 is 1.67 bits per heavy atom. The summed E-state index contributed by atoms with van der Waals surface area (Å²) < 4.78 is 5.06. The molecule has 0 bridgehead atoms. The lowest BCUT2D eigenvalue weighted by Crippen LogP contribution is -1.86. The largest absolute Gasteiger partial charge is 0.501 e. The summed E-state index contributed by atoms with van der Waals surface area (Å²) in [5, 5.41) is 0. The van der Waals surface area contributed by atoms with Gasteiger partial charge in [-0.1, -0.05) is 19.6 Å². The van der Waals surface area contributed by atoms with Crippen LogP contribution in [0.5, 0.6) is 0 Å². The Balaban J connectivity index is 4.17. The molecule has 0 aliphatic rings. The second-order valence-electron chi connectivity index (χ2n) is 1.87. The summed E-state index contributed by atoms with van der Waals surface area (Å²) in [5.74, 6) is 1.02. The highest BCUT2D eigenvalue weighted by Gasteiger charge is 1.93. The predicted molar refractivity (Wildman–Crippen MR) is 40.2 cm³/mol. The van der Waals surface area contributed by atoms with E-state index in [1.54, 1.807) is 7.11 Å². The van der Waals surface area contributed by atoms with Gasteiger partial charge in [0.2, 0.25) is 0 Å². The van der Waals surface area contributed by atoms with Gasteiger partial charge in [-0.05, 0) is 12.5 Å². The molecule has 9 heavy (non-hydrogen) atoms. The van der Waals surface area contributed by atoms with E-state index in [2.05, 4.69) is 13.5 Å². The number of hydrogen-bond donors (Lipinski definition) is 0. The maximum atomic E-state index is 5.06. The predicted octanol–water partition coefficient (Wildman–Crippen LogP) is 2.50. The molecule has 0 aliphatic heterocycles. The van der Waals surface area contributed by atoms with E-state index in [0.29, 0.717) is 0 Å². The maximum Gasteiger partial charge on any atom is 0.0981 e. The summed E-state index contributed by atoms with van der Waals surface area (Å²) >= 11 is 0. The van der Waals surface area contributed by atoms with Crippen molar-refractivity contribution in [3.63, 3.8) is 0 Å². The third-order valence-corrected chi connectivity index (χ3v) is 1.31. The first-order chi connectivity index (χ1) is 4.26. The normalized spacial score (nSPS) is 12.3. The molecule has 0 saturated carbocycles. The van der Waals surface area contributed by atoms with Crippen LogP contribution in [-0.4, -0.2) is 7.11 Å². The lowest BCUT2D eigenvalue weighted by molar-refractivity contribution is 0.277. The SMILES string of the molecule is C=C/C(C)=C(\CC)OC. The monoisotopic (exact) mass is 126 g/mol. The van der Waals surface area contributed by atoms with Gasteiger partial charge in [0, 0.05) is 6.42 Å². The second kappa shape index (κ2) is 4.19. The van der Waals surface area contributed by atoms with Crippen LogP contribution >= 0.6 is 0 Å². The number of hydrogen-bond acceptors (Lipinski definition) is 1. The summed E-state index contributed by atoms with van der Waals surface area (Å²) in [6, 6.07) is 0. The third kappa shape index (κ3) is 2.36. The molecule has 0 N–H and O–H groups in total. The van der Waals surface area contributed by atoms with E-state index in [9.17, 15) is 0 Å². The zero-order valence-electron chi connectivity index (χ0n) is 6.40. The van der Waals surface area contributed by atoms with Gasteiger partial charge in [0.05, 0.1) is 12.9 Å². The fraction of sp³-hybridized carbons (Fsp3) is 0.500. The number of allylic oxidation sites excluding steroid dienone is 3. The molecule has 0 unspecified atom stereocenters. The Bertz CT molecular complexity index is 117. The van der Waals surface area contributed by atoms with Crippen molar-refractivity contribution in [3.05, 3.63) is 24.0 Å². The molecule has 0 aromatic carbocycles. The van der Waals surface area contributed by atoms with E-state index in [-0.39, 0.29) is 0 Å². The first kappa shape index (κ1) is 8.28. The van der Waals surface area contributed by atoms with Crippen LogP contribution in [-0.2, 0) is 4.74 Å². The van der Waals surface area contributed by atoms with E-state index in [1.807, 2.05) is 13.0 Å². The van der Waals surface area contributed by atoms with Crippen LogP contribution in [0.2, 0.25) is 0 Å². The van der Waals surface area contributed by atoms with Gasteiger partial charge in [-0.3, -0.25) is 0 Å². The molecule has 0 spiro atoms. The van der Waals surface area contributed by atoms with Crippen molar-refractivity contribution in [2.45, 2.75) is 20.3 Å². The lowest BCUT2D eigenvalue weighted by atomic mass is 10.2. The fourth-order valence-corrected chi connectivity index (χ4v) is 0.698. The summed E-state index contributed by atoms with van der Waals surface area (Å²) in [7, 11) is 1.69. The zero-order valence-corrected chi connectivity index (χ0v) is 6.40. The molecule has 0 radical (unpaired) electrons. The highest BCUT2D eigenvalue weighted by atomic mass is 16.5. The van der Waals surface area contributed by atoms with Gasteiger partial charge >= 0.3 is 0 Å². The van der Waals surface area contributed by atoms with Crippen LogP contribution in [0.15, 0.2) is 24.0 Å². The molecule has 1 nitrogen and oxygen atoms in total. The number of ether oxygens (including phenoxy) is 1. The molecule has 0 rings (SSSR count). The van der Waals surface area contributed by atoms with Crippen molar-refractivity contribution >= 4 is 0 Å². The molecular weight excluding hydrogens is 112 g/mol. The Kier molecular flexibility index (Phi) is 3.85. The Morgan fingerprint density at radius 2 is 2.22 bits per heavy atom. The average molecular weight is 126 g/mol. The molecule has 0 aliphatic carbocycles. The van der Waals surface area contributed by atoms with Gasteiger partial charge < -0.3 is 4.74 Å². The molecule has 0 aromatic heterocycles. The molecule has 0 heterocycles. The average Bonchev–Trinajstić information content (AvgIpc) is 1.90. The Hall–Kier alpha value is -0.720. The van der Waals surface area contributed by atoms with Crippen LogP contribution in [0.3, 0.4) is 0 Å². The maximum absolute atomic E-state index is 5.06. The topological polar surface area (TPSA) is 9.23 Å². The summed E-state index contributed by atoms with van der Waals surface area (Å²) in [5.41, 5.74) is 1.12. The van der Waals surface area contributed by atoms with Gasteiger partial charge in [-0.15, -0.1) is 0 Å². The molecule has 52 valence electrons. The van der Waals surface area contributed by atoms with Crippen molar-refractivity contribution in [3.8, 4) is 0 Å². The number of rotatable bonds is 3. The molecular formula is C8H14O. The molecule has 0 saturated heterocycles. The summed E-state index contributed by atoms with van der Waals surface area (Å²) in [6.45, 7) is 7.70. The van der Waals surface area contributed by atoms with Crippen LogP contribution in [0, 0.1) is 0 Å². The third-order valence-electron chi connectivity index (χ3n) is 1.31. The van der Waals surface area contributed by atoms with E-state index < -0.39 is 0 Å². The summed E-state index contributed by atoms with van der Waals surface area (Å²) in [4.78, 5) is 0. The smallest absolute Gasteiger partial charge is 0.0981 e. The standard InChI is InChI=1S/C8H14O/c1-5-7(3)8(6-2)9-4/h5H,1,6H2,2-4H3/b8-7+. The fourth-order valence-electron chi connectivity index (χ4n) is 0.698. The van der Waals surface area contributed by atoms with Crippen LogP contribution in [0.1, 0.15) is 20.3 Å².